The van der Waals surface area contributed by atoms with Crippen LogP contribution in [0.1, 0.15) is 23.1 Å². The van der Waals surface area contributed by atoms with Crippen molar-refractivity contribution in [1.82, 2.24) is 5.32 Å². The van der Waals surface area contributed by atoms with Gasteiger partial charge in [-0.25, -0.2) is 4.79 Å². The number of benzene rings is 2. The van der Waals surface area contributed by atoms with Crippen molar-refractivity contribution in [3.05, 3.63) is 71.3 Å². The Balaban J connectivity index is 1.37. The van der Waals surface area contributed by atoms with Gasteiger partial charge in [0.2, 0.25) is 5.91 Å². The summed E-state index contributed by atoms with van der Waals surface area (Å²) >= 11 is 0. The third-order valence-electron chi connectivity index (χ3n) is 3.86. The lowest BCUT2D eigenvalue weighted by atomic mass is 10.1. The van der Waals surface area contributed by atoms with Crippen LogP contribution in [0.25, 0.3) is 6.08 Å². The first-order valence-corrected chi connectivity index (χ1v) is 8.24. The summed E-state index contributed by atoms with van der Waals surface area (Å²) in [6.45, 7) is 0.773. The first-order valence-electron chi connectivity index (χ1n) is 8.24. The third-order valence-corrected chi connectivity index (χ3v) is 3.86. The number of carbonyl (C=O) groups excluding carboxylic acids is 2. The molecule has 0 bridgehead atoms. The number of anilines is 1. The summed E-state index contributed by atoms with van der Waals surface area (Å²) in [5.74, 6) is 0.0364. The van der Waals surface area contributed by atoms with Gasteiger partial charge in [-0.2, -0.15) is 0 Å². The van der Waals surface area contributed by atoms with Gasteiger partial charge in [0.15, 0.2) is 0 Å². The van der Waals surface area contributed by atoms with Crippen LogP contribution in [0.3, 0.4) is 0 Å². The molecule has 0 atom stereocenters. The molecule has 5 heteroatoms. The van der Waals surface area contributed by atoms with Crippen LogP contribution in [-0.2, 0) is 22.6 Å². The van der Waals surface area contributed by atoms with E-state index < -0.39 is 6.09 Å². The van der Waals surface area contributed by atoms with Gasteiger partial charge in [-0.05, 0) is 29.2 Å². The molecule has 1 aliphatic rings. The molecule has 0 saturated carbocycles. The van der Waals surface area contributed by atoms with Gasteiger partial charge in [-0.1, -0.05) is 54.6 Å². The van der Waals surface area contributed by atoms with Gasteiger partial charge in [-0.3, -0.25) is 4.79 Å². The number of hydrogen-bond acceptors (Lipinski definition) is 3. The highest BCUT2D eigenvalue weighted by Crippen LogP contribution is 2.24. The molecule has 2 aromatic carbocycles. The smallest absolute Gasteiger partial charge is 0.407 e. The highest BCUT2D eigenvalue weighted by atomic mass is 16.5. The maximum atomic E-state index is 11.6. The van der Waals surface area contributed by atoms with Crippen molar-refractivity contribution in [2.45, 2.75) is 19.4 Å². The Morgan fingerprint density at radius 1 is 1.20 bits per heavy atom. The standard InChI is InChI=1S/C20H20N2O3/c23-19-13-17-10-9-15(12-18(17)22-19)6-4-5-11-21-20(24)25-14-16-7-2-1-3-8-16/h1-4,6-10,12H,5,11,13-14H2,(H,21,24)(H,22,23). The van der Waals surface area contributed by atoms with Crippen LogP contribution in [0.2, 0.25) is 0 Å². The lowest BCUT2D eigenvalue weighted by molar-refractivity contribution is -0.115. The van der Waals surface area contributed by atoms with Crippen molar-refractivity contribution in [3.63, 3.8) is 0 Å². The van der Waals surface area contributed by atoms with Crippen LogP contribution in [0, 0.1) is 0 Å². The molecule has 0 spiro atoms. The fraction of sp³-hybridized carbons (Fsp3) is 0.200. The van der Waals surface area contributed by atoms with Crippen LogP contribution >= 0.6 is 0 Å². The Bertz CT molecular complexity index is 785. The number of ether oxygens (including phenoxy) is 1. The van der Waals surface area contributed by atoms with E-state index in [0.29, 0.717) is 19.4 Å². The van der Waals surface area contributed by atoms with Crippen molar-refractivity contribution in [1.29, 1.82) is 0 Å². The average molecular weight is 336 g/mol. The molecule has 5 nitrogen and oxygen atoms in total. The first kappa shape index (κ1) is 16.8. The van der Waals surface area contributed by atoms with E-state index in [1.165, 1.54) is 0 Å². The van der Waals surface area contributed by atoms with Crippen LogP contribution in [0.4, 0.5) is 10.5 Å². The minimum atomic E-state index is -0.419. The SMILES string of the molecule is O=C1Cc2ccc(C=CCCNC(=O)OCc3ccccc3)cc2N1. The minimum absolute atomic E-state index is 0.0364. The molecule has 1 heterocycles. The zero-order valence-electron chi connectivity index (χ0n) is 13.8. The Kier molecular flexibility index (Phi) is 5.46. The molecule has 0 aliphatic carbocycles. The lowest BCUT2D eigenvalue weighted by Gasteiger charge is -2.06. The fourth-order valence-electron chi connectivity index (χ4n) is 2.59. The summed E-state index contributed by atoms with van der Waals surface area (Å²) in [6.07, 6.45) is 4.69. The average Bonchev–Trinajstić information content (AvgIpc) is 3.00. The second-order valence-electron chi connectivity index (χ2n) is 5.82. The maximum Gasteiger partial charge on any atom is 0.407 e. The zero-order valence-corrected chi connectivity index (χ0v) is 13.8. The summed E-state index contributed by atoms with van der Waals surface area (Å²) in [7, 11) is 0. The molecule has 25 heavy (non-hydrogen) atoms. The number of nitrogens with one attached hydrogen (secondary N) is 2. The molecular weight excluding hydrogens is 316 g/mol. The molecule has 1 aliphatic heterocycles. The molecule has 2 aromatic rings. The molecular formula is C20H20N2O3. The molecule has 0 saturated heterocycles. The van der Waals surface area contributed by atoms with Crippen LogP contribution < -0.4 is 10.6 Å². The molecule has 0 unspecified atom stereocenters. The van der Waals surface area contributed by atoms with E-state index in [0.717, 1.165) is 22.4 Å². The van der Waals surface area contributed by atoms with Gasteiger partial charge in [0.05, 0.1) is 6.42 Å². The van der Waals surface area contributed by atoms with Gasteiger partial charge >= 0.3 is 6.09 Å². The molecule has 0 aromatic heterocycles. The number of rotatable bonds is 6. The first-order chi connectivity index (χ1) is 12.2. The quantitative estimate of drug-likeness (QED) is 0.793. The van der Waals surface area contributed by atoms with Crippen LogP contribution in [-0.4, -0.2) is 18.5 Å². The van der Waals surface area contributed by atoms with Gasteiger partial charge in [0.1, 0.15) is 6.61 Å². The van der Waals surface area contributed by atoms with E-state index in [4.69, 9.17) is 4.74 Å². The third kappa shape index (κ3) is 4.94. The largest absolute Gasteiger partial charge is 0.445 e. The molecule has 3 rings (SSSR count). The van der Waals surface area contributed by atoms with Crippen LogP contribution in [0.15, 0.2) is 54.6 Å². The van der Waals surface area contributed by atoms with E-state index in [1.807, 2.05) is 60.7 Å². The summed E-state index contributed by atoms with van der Waals surface area (Å²) in [4.78, 5) is 22.9. The molecule has 128 valence electrons. The van der Waals surface area contributed by atoms with E-state index in [-0.39, 0.29) is 12.5 Å². The van der Waals surface area contributed by atoms with E-state index in [1.54, 1.807) is 0 Å². The molecule has 0 fully saturated rings. The van der Waals surface area contributed by atoms with Gasteiger partial charge in [0.25, 0.3) is 0 Å². The van der Waals surface area contributed by atoms with Crippen molar-refractivity contribution in [2.24, 2.45) is 0 Å². The normalized spacial score (nSPS) is 12.7. The second kappa shape index (κ2) is 8.15. The highest BCUT2D eigenvalue weighted by molar-refractivity contribution is 5.99. The molecule has 2 N–H and O–H groups in total. The highest BCUT2D eigenvalue weighted by Gasteiger charge is 2.16. The number of alkyl carbamates (subject to hydrolysis) is 1. The van der Waals surface area contributed by atoms with Gasteiger partial charge in [0, 0.05) is 12.2 Å². The van der Waals surface area contributed by atoms with Crippen LogP contribution in [0.5, 0.6) is 0 Å². The lowest BCUT2D eigenvalue weighted by Crippen LogP contribution is -2.24. The molecule has 2 amide bonds. The maximum absolute atomic E-state index is 11.6. The van der Waals surface area contributed by atoms with E-state index in [2.05, 4.69) is 10.6 Å². The van der Waals surface area contributed by atoms with Crippen molar-refractivity contribution in [3.8, 4) is 0 Å². The predicted molar refractivity (Wildman–Crippen MR) is 97.1 cm³/mol. The van der Waals surface area contributed by atoms with Crippen molar-refractivity contribution in [2.75, 3.05) is 11.9 Å². The number of carbonyl (C=O) groups is 2. The van der Waals surface area contributed by atoms with E-state index >= 15 is 0 Å². The predicted octanol–water partition coefficient (Wildman–Crippen LogP) is 3.51. The monoisotopic (exact) mass is 336 g/mol. The van der Waals surface area contributed by atoms with Gasteiger partial charge < -0.3 is 15.4 Å². The summed E-state index contributed by atoms with van der Waals surface area (Å²) in [5.41, 5.74) is 3.90. The minimum Gasteiger partial charge on any atom is -0.445 e. The van der Waals surface area contributed by atoms with E-state index in [9.17, 15) is 9.59 Å². The Hall–Kier alpha value is -3.08. The number of amides is 2. The Morgan fingerprint density at radius 2 is 2.04 bits per heavy atom. The Labute approximate surface area is 146 Å². The number of hydrogen-bond donors (Lipinski definition) is 2. The second-order valence-corrected chi connectivity index (χ2v) is 5.82. The summed E-state index contributed by atoms with van der Waals surface area (Å²) in [5, 5.41) is 5.55. The Morgan fingerprint density at radius 3 is 2.88 bits per heavy atom. The summed E-state index contributed by atoms with van der Waals surface area (Å²) in [6, 6.07) is 15.5. The topological polar surface area (TPSA) is 67.4 Å². The fourth-order valence-corrected chi connectivity index (χ4v) is 2.59. The zero-order chi connectivity index (χ0) is 17.5. The van der Waals surface area contributed by atoms with Gasteiger partial charge in [-0.15, -0.1) is 0 Å². The molecule has 0 radical (unpaired) electrons. The number of fused-ring (bicyclic) bond motifs is 1. The van der Waals surface area contributed by atoms with Crippen molar-refractivity contribution >= 4 is 23.8 Å². The van der Waals surface area contributed by atoms with Crippen molar-refractivity contribution < 1.29 is 14.3 Å². The summed E-state index contributed by atoms with van der Waals surface area (Å²) < 4.78 is 5.14.